The number of benzene rings is 1. The van der Waals surface area contributed by atoms with Gasteiger partial charge in [0, 0.05) is 5.69 Å². The molecule has 15 heavy (non-hydrogen) atoms. The van der Waals surface area contributed by atoms with Crippen LogP contribution >= 0.6 is 0 Å². The Balaban J connectivity index is 2.66. The van der Waals surface area contributed by atoms with Gasteiger partial charge in [-0.3, -0.25) is 0 Å². The lowest BCUT2D eigenvalue weighted by molar-refractivity contribution is -0.142. The monoisotopic (exact) mass is 213 g/mol. The molecule has 1 rings (SSSR count). The van der Waals surface area contributed by atoms with Gasteiger partial charge in [0.05, 0.1) is 13.7 Å². The lowest BCUT2D eigenvalue weighted by atomic mass is 10.2. The Morgan fingerprint density at radius 1 is 1.53 bits per heavy atom. The fraction of sp³-hybridized carbons (Fsp3) is 0.300. The molecule has 4 nitrogen and oxygen atoms in total. The topological polar surface area (TPSA) is 58.6 Å². The molecule has 82 valence electrons. The van der Waals surface area contributed by atoms with Crippen LogP contribution in [0.5, 0.6) is 0 Å². The summed E-state index contributed by atoms with van der Waals surface area (Å²) in [5.74, 6) is -0.930. The first kappa shape index (κ1) is 11.5. The van der Waals surface area contributed by atoms with Crippen molar-refractivity contribution in [2.75, 3.05) is 19.0 Å². The molecule has 0 saturated heterocycles. The highest BCUT2D eigenvalue weighted by molar-refractivity contribution is 5.79. The number of hydrogen-bond donors (Lipinski definition) is 2. The zero-order valence-electron chi connectivity index (χ0n) is 8.24. The number of esters is 1. The van der Waals surface area contributed by atoms with Crippen LogP contribution in [0.15, 0.2) is 24.3 Å². The van der Waals surface area contributed by atoms with E-state index in [0.717, 1.165) is 0 Å². The summed E-state index contributed by atoms with van der Waals surface area (Å²) in [6.07, 6.45) is 0. The van der Waals surface area contributed by atoms with Crippen molar-refractivity contribution in [3.05, 3.63) is 30.1 Å². The van der Waals surface area contributed by atoms with Crippen LogP contribution in [0, 0.1) is 5.82 Å². The van der Waals surface area contributed by atoms with Crippen molar-refractivity contribution in [1.29, 1.82) is 0 Å². The summed E-state index contributed by atoms with van der Waals surface area (Å²) in [6.45, 7) is -0.385. The number of ether oxygens (including phenoxy) is 1. The van der Waals surface area contributed by atoms with E-state index in [4.69, 9.17) is 5.11 Å². The van der Waals surface area contributed by atoms with E-state index >= 15 is 0 Å². The lowest BCUT2D eigenvalue weighted by Crippen LogP contribution is -2.33. The van der Waals surface area contributed by atoms with Gasteiger partial charge in [-0.2, -0.15) is 0 Å². The highest BCUT2D eigenvalue weighted by Crippen LogP contribution is 2.09. The van der Waals surface area contributed by atoms with Gasteiger partial charge in [-0.15, -0.1) is 0 Å². The predicted octanol–water partition coefficient (Wildman–Crippen LogP) is 0.771. The van der Waals surface area contributed by atoms with Gasteiger partial charge in [0.25, 0.3) is 0 Å². The molecule has 1 atom stereocenters. The number of carbonyl (C=O) groups excluding carboxylic acids is 1. The molecule has 0 aromatic heterocycles. The first-order valence-electron chi connectivity index (χ1n) is 4.38. The van der Waals surface area contributed by atoms with Gasteiger partial charge in [0.15, 0.2) is 0 Å². The van der Waals surface area contributed by atoms with Gasteiger partial charge in [-0.1, -0.05) is 0 Å². The maximum absolute atomic E-state index is 12.6. The number of hydrogen-bond acceptors (Lipinski definition) is 4. The molecule has 0 fully saturated rings. The number of rotatable bonds is 4. The van der Waals surface area contributed by atoms with E-state index < -0.39 is 12.0 Å². The number of carbonyl (C=O) groups is 1. The molecule has 0 heterocycles. The Morgan fingerprint density at radius 3 is 2.60 bits per heavy atom. The zero-order valence-corrected chi connectivity index (χ0v) is 8.24. The van der Waals surface area contributed by atoms with Crippen molar-refractivity contribution in [2.45, 2.75) is 6.04 Å². The Bertz CT molecular complexity index is 326. The third kappa shape index (κ3) is 3.21. The largest absolute Gasteiger partial charge is 0.467 e. The minimum absolute atomic E-state index is 0.362. The molecule has 0 aliphatic carbocycles. The summed E-state index contributed by atoms with van der Waals surface area (Å²) < 4.78 is 17.0. The van der Waals surface area contributed by atoms with Crippen LogP contribution < -0.4 is 5.32 Å². The van der Waals surface area contributed by atoms with E-state index in [1.54, 1.807) is 0 Å². The summed E-state index contributed by atoms with van der Waals surface area (Å²) >= 11 is 0. The second-order valence-electron chi connectivity index (χ2n) is 2.91. The summed E-state index contributed by atoms with van der Waals surface area (Å²) in [7, 11) is 1.23. The Kier molecular flexibility index (Phi) is 4.05. The average Bonchev–Trinajstić information content (AvgIpc) is 2.27. The molecule has 0 radical (unpaired) electrons. The van der Waals surface area contributed by atoms with Gasteiger partial charge in [-0.25, -0.2) is 9.18 Å². The van der Waals surface area contributed by atoms with Crippen LogP contribution in [-0.4, -0.2) is 30.8 Å². The lowest BCUT2D eigenvalue weighted by Gasteiger charge is -2.14. The maximum Gasteiger partial charge on any atom is 0.330 e. The molecule has 1 unspecified atom stereocenters. The quantitative estimate of drug-likeness (QED) is 0.725. The van der Waals surface area contributed by atoms with Crippen molar-refractivity contribution in [1.82, 2.24) is 0 Å². The second-order valence-corrected chi connectivity index (χ2v) is 2.91. The van der Waals surface area contributed by atoms with Crippen LogP contribution in [-0.2, 0) is 9.53 Å². The summed E-state index contributed by atoms with van der Waals surface area (Å²) in [5.41, 5.74) is 0.542. The fourth-order valence-electron chi connectivity index (χ4n) is 1.07. The Labute approximate surface area is 86.7 Å². The third-order valence-corrected chi connectivity index (χ3v) is 1.85. The van der Waals surface area contributed by atoms with E-state index in [1.807, 2.05) is 0 Å². The molecule has 0 spiro atoms. The molecule has 5 heteroatoms. The van der Waals surface area contributed by atoms with Gasteiger partial charge < -0.3 is 15.2 Å². The van der Waals surface area contributed by atoms with Crippen LogP contribution in [0.25, 0.3) is 0 Å². The first-order valence-corrected chi connectivity index (χ1v) is 4.38. The van der Waals surface area contributed by atoms with Crippen molar-refractivity contribution in [2.24, 2.45) is 0 Å². The van der Waals surface area contributed by atoms with E-state index in [-0.39, 0.29) is 12.4 Å². The normalized spacial score (nSPS) is 11.9. The van der Waals surface area contributed by atoms with Gasteiger partial charge >= 0.3 is 5.97 Å². The van der Waals surface area contributed by atoms with Gasteiger partial charge in [0.1, 0.15) is 11.9 Å². The third-order valence-electron chi connectivity index (χ3n) is 1.85. The Morgan fingerprint density at radius 2 is 2.13 bits per heavy atom. The smallest absolute Gasteiger partial charge is 0.330 e. The minimum atomic E-state index is -0.833. The standard InChI is InChI=1S/C10H12FNO3/c1-15-10(14)9(6-13)12-8-4-2-7(11)3-5-8/h2-5,9,12-13H,6H2,1H3. The highest BCUT2D eigenvalue weighted by atomic mass is 19.1. The minimum Gasteiger partial charge on any atom is -0.467 e. The first-order chi connectivity index (χ1) is 7.17. The number of aliphatic hydroxyl groups is 1. The maximum atomic E-state index is 12.6. The summed E-state index contributed by atoms with van der Waals surface area (Å²) in [4.78, 5) is 11.1. The molecule has 0 amide bonds. The molecule has 0 aliphatic heterocycles. The SMILES string of the molecule is COC(=O)C(CO)Nc1ccc(F)cc1. The van der Waals surface area contributed by atoms with E-state index in [9.17, 15) is 9.18 Å². The van der Waals surface area contributed by atoms with Crippen LogP contribution in [0.2, 0.25) is 0 Å². The van der Waals surface area contributed by atoms with Crippen molar-refractivity contribution < 1.29 is 19.0 Å². The molecule has 1 aromatic rings. The molecular formula is C10H12FNO3. The molecular weight excluding hydrogens is 201 g/mol. The number of nitrogens with one attached hydrogen (secondary N) is 1. The zero-order chi connectivity index (χ0) is 11.3. The summed E-state index contributed by atoms with van der Waals surface area (Å²) in [6, 6.07) is 4.63. The highest BCUT2D eigenvalue weighted by Gasteiger charge is 2.17. The molecule has 2 N–H and O–H groups in total. The number of anilines is 1. The average molecular weight is 213 g/mol. The van der Waals surface area contributed by atoms with Crippen molar-refractivity contribution in [3.63, 3.8) is 0 Å². The number of methoxy groups -OCH3 is 1. The van der Waals surface area contributed by atoms with Gasteiger partial charge in [-0.05, 0) is 24.3 Å². The van der Waals surface area contributed by atoms with Crippen LogP contribution in [0.4, 0.5) is 10.1 Å². The Hall–Kier alpha value is -1.62. The van der Waals surface area contributed by atoms with Crippen molar-refractivity contribution >= 4 is 11.7 Å². The van der Waals surface area contributed by atoms with E-state index in [2.05, 4.69) is 10.1 Å². The predicted molar refractivity (Wildman–Crippen MR) is 52.9 cm³/mol. The molecule has 0 aliphatic rings. The summed E-state index contributed by atoms with van der Waals surface area (Å²) in [5, 5.41) is 11.6. The number of aliphatic hydroxyl groups excluding tert-OH is 1. The van der Waals surface area contributed by atoms with Crippen LogP contribution in [0.1, 0.15) is 0 Å². The second kappa shape index (κ2) is 5.31. The molecule has 1 aromatic carbocycles. The number of halogens is 1. The van der Waals surface area contributed by atoms with Crippen LogP contribution in [0.3, 0.4) is 0 Å². The van der Waals surface area contributed by atoms with Gasteiger partial charge in [0.2, 0.25) is 0 Å². The molecule has 0 bridgehead atoms. The molecule has 0 saturated carbocycles. The van der Waals surface area contributed by atoms with E-state index in [0.29, 0.717) is 5.69 Å². The fourth-order valence-corrected chi connectivity index (χ4v) is 1.07. The van der Waals surface area contributed by atoms with Crippen molar-refractivity contribution in [3.8, 4) is 0 Å². The van der Waals surface area contributed by atoms with E-state index in [1.165, 1.54) is 31.4 Å².